The number of fused-ring (bicyclic) bond motifs is 2. The molecule has 0 amide bonds. The predicted molar refractivity (Wildman–Crippen MR) is 144 cm³/mol. The largest absolute Gasteiger partial charge is 0.485 e. The van der Waals surface area contributed by atoms with E-state index in [1.165, 1.54) is 15.9 Å². The van der Waals surface area contributed by atoms with Crippen molar-refractivity contribution in [3.63, 3.8) is 0 Å². The summed E-state index contributed by atoms with van der Waals surface area (Å²) in [4.78, 5) is 30.6. The Morgan fingerprint density at radius 2 is 1.89 bits per heavy atom. The highest BCUT2D eigenvalue weighted by atomic mass is 35.5. The van der Waals surface area contributed by atoms with E-state index in [4.69, 9.17) is 37.4 Å². The number of halogens is 2. The number of thiazole rings is 1. The smallest absolute Gasteiger partial charge is 0.315 e. The van der Waals surface area contributed by atoms with Crippen LogP contribution in [0.5, 0.6) is 17.2 Å². The molecule has 0 radical (unpaired) electrons. The summed E-state index contributed by atoms with van der Waals surface area (Å²) in [6.07, 6.45) is 2.93. The lowest BCUT2D eigenvalue weighted by atomic mass is 10.1. The summed E-state index contributed by atoms with van der Waals surface area (Å²) in [7, 11) is 0. The van der Waals surface area contributed by atoms with Crippen LogP contribution in [0.1, 0.15) is 31.3 Å². The zero-order valence-electron chi connectivity index (χ0n) is 20.3. The number of para-hydroxylation sites is 2. The van der Waals surface area contributed by atoms with Crippen LogP contribution in [0.3, 0.4) is 0 Å². The van der Waals surface area contributed by atoms with Crippen LogP contribution in [0.2, 0.25) is 0 Å². The normalized spacial score (nSPS) is 21.8. The minimum atomic E-state index is -0.501. The molecule has 11 heteroatoms. The van der Waals surface area contributed by atoms with Gasteiger partial charge in [-0.05, 0) is 53.3 Å². The van der Waals surface area contributed by atoms with Crippen molar-refractivity contribution in [2.24, 2.45) is 17.3 Å². The van der Waals surface area contributed by atoms with Crippen LogP contribution in [0.25, 0.3) is 11.0 Å². The van der Waals surface area contributed by atoms with Gasteiger partial charge in [-0.1, -0.05) is 72.7 Å². The lowest BCUT2D eigenvalue weighted by Gasteiger charge is -2.24. The maximum atomic E-state index is 13.0. The number of aromatic nitrogens is 3. The van der Waals surface area contributed by atoms with Crippen LogP contribution < -0.4 is 24.3 Å². The first-order valence-electron chi connectivity index (χ1n) is 11.8. The van der Waals surface area contributed by atoms with Gasteiger partial charge >= 0.3 is 5.97 Å². The van der Waals surface area contributed by atoms with E-state index in [1.807, 2.05) is 38.1 Å². The monoisotopic (exact) mass is 569 g/mol. The summed E-state index contributed by atoms with van der Waals surface area (Å²) < 4.78 is 19.2. The van der Waals surface area contributed by atoms with Crippen LogP contribution in [0.15, 0.2) is 63.9 Å². The van der Waals surface area contributed by atoms with E-state index in [0.717, 1.165) is 5.56 Å². The summed E-state index contributed by atoms with van der Waals surface area (Å²) in [5.41, 5.74) is 0.230. The number of esters is 1. The van der Waals surface area contributed by atoms with Gasteiger partial charge < -0.3 is 14.2 Å². The molecule has 6 rings (SSSR count). The highest BCUT2D eigenvalue weighted by Crippen LogP contribution is 2.60. The maximum absolute atomic E-state index is 13.0. The number of hydrogen-bond acceptors (Lipinski definition) is 8. The maximum Gasteiger partial charge on any atom is 0.315 e. The Morgan fingerprint density at radius 1 is 1.16 bits per heavy atom. The molecule has 0 bridgehead atoms. The molecule has 2 aromatic carbocycles. The molecule has 38 heavy (non-hydrogen) atoms. The van der Waals surface area contributed by atoms with E-state index >= 15 is 0 Å². The molecule has 8 nitrogen and oxygen atoms in total. The second kappa shape index (κ2) is 9.41. The first-order chi connectivity index (χ1) is 18.2. The highest BCUT2D eigenvalue weighted by Gasteiger charge is 2.61. The summed E-state index contributed by atoms with van der Waals surface area (Å²) >= 11 is 12.8. The molecule has 0 unspecified atom stereocenters. The van der Waals surface area contributed by atoms with E-state index < -0.39 is 6.10 Å². The molecule has 3 heterocycles. The van der Waals surface area contributed by atoms with Crippen molar-refractivity contribution in [2.75, 3.05) is 6.61 Å². The van der Waals surface area contributed by atoms with Gasteiger partial charge in [-0.2, -0.15) is 9.50 Å². The zero-order valence-corrected chi connectivity index (χ0v) is 22.6. The van der Waals surface area contributed by atoms with Gasteiger partial charge in [0.1, 0.15) is 16.8 Å². The topological polar surface area (TPSA) is 92.0 Å². The molecule has 0 saturated heterocycles. The van der Waals surface area contributed by atoms with Gasteiger partial charge in [0.25, 0.3) is 5.56 Å². The second-order valence-electron chi connectivity index (χ2n) is 9.72. The molecule has 1 aliphatic carbocycles. The average molecular weight is 570 g/mol. The molecule has 2 aliphatic rings. The fraction of sp³-hybridized carbons (Fsp3) is 0.259. The third-order valence-electron chi connectivity index (χ3n) is 6.86. The quantitative estimate of drug-likeness (QED) is 0.254. The Hall–Kier alpha value is -3.40. The number of carbonyl (C=O) groups excluding carboxylic acids is 1. The number of nitrogens with zero attached hydrogens (tertiary/aromatic N) is 3. The van der Waals surface area contributed by atoms with Gasteiger partial charge in [-0.25, -0.2) is 0 Å². The van der Waals surface area contributed by atoms with Gasteiger partial charge in [0, 0.05) is 0 Å². The van der Waals surface area contributed by atoms with Gasteiger partial charge in [-0.3, -0.25) is 9.59 Å². The van der Waals surface area contributed by atoms with Crippen molar-refractivity contribution in [1.29, 1.82) is 0 Å². The van der Waals surface area contributed by atoms with E-state index in [2.05, 4.69) is 10.1 Å². The number of hydrogen-bond donors (Lipinski definition) is 0. The summed E-state index contributed by atoms with van der Waals surface area (Å²) in [5.74, 6) is 1.38. The van der Waals surface area contributed by atoms with Crippen LogP contribution in [0, 0.1) is 17.3 Å². The van der Waals surface area contributed by atoms with Crippen molar-refractivity contribution in [3.8, 4) is 17.2 Å². The van der Waals surface area contributed by atoms with E-state index in [0.29, 0.717) is 32.6 Å². The number of rotatable bonds is 5. The number of carbonyl (C=O) groups is 1. The van der Waals surface area contributed by atoms with Crippen molar-refractivity contribution in [1.82, 2.24) is 14.6 Å². The molecular formula is C27H21Cl2N3O5S. The molecule has 2 aromatic heterocycles. The Balaban J connectivity index is 1.17. The summed E-state index contributed by atoms with van der Waals surface area (Å²) in [6, 6.07) is 14.3. The fourth-order valence-corrected chi connectivity index (χ4v) is 5.86. The molecule has 3 atom stereocenters. The van der Waals surface area contributed by atoms with Crippen molar-refractivity contribution in [2.45, 2.75) is 20.0 Å². The minimum Gasteiger partial charge on any atom is -0.485 e. The summed E-state index contributed by atoms with van der Waals surface area (Å²) in [6.45, 7) is 4.20. The molecule has 194 valence electrons. The Bertz CT molecular complexity index is 1690. The van der Waals surface area contributed by atoms with Crippen LogP contribution in [0.4, 0.5) is 0 Å². The fourth-order valence-electron chi connectivity index (χ4n) is 4.67. The third-order valence-corrected chi connectivity index (χ3v) is 8.07. The Labute approximate surface area is 231 Å². The molecular weight excluding hydrogens is 549 g/mol. The Kier molecular flexibility index (Phi) is 6.17. The highest BCUT2D eigenvalue weighted by molar-refractivity contribution is 7.15. The predicted octanol–water partition coefficient (Wildman–Crippen LogP) is 4.71. The molecule has 1 saturated carbocycles. The molecule has 0 spiro atoms. The first-order valence-corrected chi connectivity index (χ1v) is 13.4. The van der Waals surface area contributed by atoms with Gasteiger partial charge in [0.2, 0.25) is 4.96 Å². The van der Waals surface area contributed by atoms with E-state index in [9.17, 15) is 9.59 Å². The van der Waals surface area contributed by atoms with E-state index in [-0.39, 0.29) is 39.9 Å². The lowest BCUT2D eigenvalue weighted by molar-refractivity contribution is -0.136. The molecule has 0 N–H and O–H groups in total. The van der Waals surface area contributed by atoms with Crippen LogP contribution in [-0.4, -0.2) is 27.2 Å². The second-order valence-corrected chi connectivity index (χ2v) is 11.7. The van der Waals surface area contributed by atoms with Gasteiger partial charge in [0.05, 0.1) is 10.5 Å². The van der Waals surface area contributed by atoms with Gasteiger partial charge in [0.15, 0.2) is 23.4 Å². The Morgan fingerprint density at radius 3 is 2.61 bits per heavy atom. The SMILES string of the molecule is CC1(C)[C@H](C=C(Cl)Cl)[C@@H]1C(=O)Oc1ccc(/C=c2/sc3nc([C@H]4COc5ccccc5O4)nn3c2=O)cc1. The van der Waals surface area contributed by atoms with Crippen molar-refractivity contribution in [3.05, 3.63) is 85.4 Å². The lowest BCUT2D eigenvalue weighted by Crippen LogP contribution is -2.26. The first kappa shape index (κ1) is 24.9. The molecule has 1 fully saturated rings. The summed E-state index contributed by atoms with van der Waals surface area (Å²) in [5, 5.41) is 4.38. The minimum absolute atomic E-state index is 0.0667. The third kappa shape index (κ3) is 4.55. The zero-order chi connectivity index (χ0) is 26.6. The standard InChI is InChI=1S/C27H21Cl2N3O5S/c1-27(2)16(12-21(28)29)22(27)25(34)36-15-9-7-14(8-10-15)11-20-24(33)32-26(38-20)30-23(31-32)19-13-35-17-5-3-4-6-18(17)37-19/h3-12,16,19,22H,13H2,1-2H3/b20-11+/t16-,19-,22-/m1/s1. The van der Waals surface area contributed by atoms with Crippen LogP contribution in [-0.2, 0) is 4.79 Å². The number of allylic oxidation sites excluding steroid dienone is 1. The van der Waals surface area contributed by atoms with Crippen molar-refractivity contribution >= 4 is 51.5 Å². The van der Waals surface area contributed by atoms with Crippen LogP contribution >= 0.6 is 34.5 Å². The molecule has 1 aliphatic heterocycles. The van der Waals surface area contributed by atoms with E-state index in [1.54, 1.807) is 36.4 Å². The molecule has 4 aromatic rings. The average Bonchev–Trinajstić information content (AvgIpc) is 3.15. The van der Waals surface area contributed by atoms with Gasteiger partial charge in [-0.15, -0.1) is 5.10 Å². The number of ether oxygens (including phenoxy) is 3. The van der Waals surface area contributed by atoms with Crippen molar-refractivity contribution < 1.29 is 19.0 Å². The number of benzene rings is 2.